The van der Waals surface area contributed by atoms with Crippen LogP contribution in [0.25, 0.3) is 0 Å². The van der Waals surface area contributed by atoms with Crippen molar-refractivity contribution in [3.8, 4) is 0 Å². The summed E-state index contributed by atoms with van der Waals surface area (Å²) in [4.78, 5) is 10.7. The molecule has 0 N–H and O–H groups in total. The summed E-state index contributed by atoms with van der Waals surface area (Å²) in [5, 5.41) is 0. The van der Waals surface area contributed by atoms with Crippen molar-refractivity contribution in [1.29, 1.82) is 0 Å². The van der Waals surface area contributed by atoms with Crippen LogP contribution in [0.5, 0.6) is 0 Å². The summed E-state index contributed by atoms with van der Waals surface area (Å²) < 4.78 is 37.1. The zero-order chi connectivity index (χ0) is 12.2. The number of rotatable bonds is 4. The Kier molecular flexibility index (Phi) is 4.10. The van der Waals surface area contributed by atoms with E-state index in [9.17, 15) is 18.0 Å². The monoisotopic (exact) mass is 230 g/mol. The zero-order valence-electron chi connectivity index (χ0n) is 8.97. The summed E-state index contributed by atoms with van der Waals surface area (Å²) in [7, 11) is 0. The molecule has 88 valence electrons. The lowest BCUT2D eigenvalue weighted by Gasteiger charge is -2.08. The van der Waals surface area contributed by atoms with Crippen molar-refractivity contribution in [3.05, 3.63) is 35.4 Å². The van der Waals surface area contributed by atoms with Gasteiger partial charge in [-0.2, -0.15) is 13.2 Å². The smallest absolute Gasteiger partial charge is 0.300 e. The molecule has 0 unspecified atom stereocenters. The number of hydrogen-bond donors (Lipinski definition) is 0. The Morgan fingerprint density at radius 1 is 1.31 bits per heavy atom. The highest BCUT2D eigenvalue weighted by Crippen LogP contribution is 2.29. The Labute approximate surface area is 92.3 Å². The second-order valence-corrected chi connectivity index (χ2v) is 3.75. The van der Waals surface area contributed by atoms with E-state index in [-0.39, 0.29) is 5.78 Å². The summed E-state index contributed by atoms with van der Waals surface area (Å²) in [5.74, 6) is 0.0620. The van der Waals surface area contributed by atoms with Gasteiger partial charge >= 0.3 is 6.18 Å². The van der Waals surface area contributed by atoms with Crippen LogP contribution in [-0.4, -0.2) is 5.78 Å². The topological polar surface area (TPSA) is 17.1 Å². The number of alkyl halides is 3. The summed E-state index contributed by atoms with van der Waals surface area (Å²) in [6.45, 7) is 1.48. The number of carbonyl (C=O) groups excluding carboxylic acids is 1. The first-order chi connectivity index (χ1) is 7.39. The first-order valence-electron chi connectivity index (χ1n) is 5.05. The van der Waals surface area contributed by atoms with Crippen LogP contribution in [0.2, 0.25) is 0 Å². The molecule has 0 amide bonds. The van der Waals surface area contributed by atoms with E-state index in [0.29, 0.717) is 24.8 Å². The zero-order valence-corrected chi connectivity index (χ0v) is 8.97. The van der Waals surface area contributed by atoms with Crippen LogP contribution in [0.1, 0.15) is 30.9 Å². The highest BCUT2D eigenvalue weighted by molar-refractivity contribution is 5.75. The molecular formula is C12H13F3O. The highest BCUT2D eigenvalue weighted by Gasteiger charge is 2.30. The van der Waals surface area contributed by atoms with Crippen molar-refractivity contribution in [2.75, 3.05) is 0 Å². The van der Waals surface area contributed by atoms with Gasteiger partial charge in [0.05, 0.1) is 5.56 Å². The van der Waals surface area contributed by atoms with Gasteiger partial charge in [0.2, 0.25) is 0 Å². The van der Waals surface area contributed by atoms with Crippen LogP contribution in [0.4, 0.5) is 13.2 Å². The van der Waals surface area contributed by atoms with Crippen molar-refractivity contribution in [2.45, 2.75) is 32.4 Å². The lowest BCUT2D eigenvalue weighted by atomic mass is 10.0. The Hall–Kier alpha value is -1.32. The normalized spacial score (nSPS) is 11.5. The van der Waals surface area contributed by atoms with E-state index in [1.165, 1.54) is 13.0 Å². The Bertz CT molecular complexity index is 369. The number of halogens is 3. The molecule has 1 rings (SSSR count). The fraction of sp³-hybridized carbons (Fsp3) is 0.417. The van der Waals surface area contributed by atoms with Crippen molar-refractivity contribution < 1.29 is 18.0 Å². The molecule has 0 saturated carbocycles. The quantitative estimate of drug-likeness (QED) is 0.772. The molecule has 4 heteroatoms. The van der Waals surface area contributed by atoms with E-state index in [0.717, 1.165) is 12.1 Å². The second kappa shape index (κ2) is 5.14. The highest BCUT2D eigenvalue weighted by atomic mass is 19.4. The van der Waals surface area contributed by atoms with Gasteiger partial charge in [-0.3, -0.25) is 0 Å². The minimum Gasteiger partial charge on any atom is -0.300 e. The standard InChI is InChI=1S/C12H13F3O/c1-9(16)4-2-5-10-6-3-7-11(8-10)12(13,14)15/h3,6-8H,2,4-5H2,1H3. The first kappa shape index (κ1) is 12.7. The number of ketones is 1. The predicted octanol–water partition coefficient (Wildman–Crippen LogP) is 3.62. The largest absolute Gasteiger partial charge is 0.416 e. The van der Waals surface area contributed by atoms with Crippen molar-refractivity contribution >= 4 is 5.78 Å². The van der Waals surface area contributed by atoms with Crippen molar-refractivity contribution in [3.63, 3.8) is 0 Å². The molecule has 0 bridgehead atoms. The summed E-state index contributed by atoms with van der Waals surface area (Å²) in [6, 6.07) is 5.23. The second-order valence-electron chi connectivity index (χ2n) is 3.75. The van der Waals surface area contributed by atoms with Crippen molar-refractivity contribution in [1.82, 2.24) is 0 Å². The van der Waals surface area contributed by atoms with E-state index in [1.807, 2.05) is 0 Å². The first-order valence-corrected chi connectivity index (χ1v) is 5.05. The maximum absolute atomic E-state index is 12.4. The lowest BCUT2D eigenvalue weighted by Crippen LogP contribution is -2.05. The fourth-order valence-electron chi connectivity index (χ4n) is 1.44. The van der Waals surface area contributed by atoms with Gasteiger partial charge in [-0.1, -0.05) is 18.2 Å². The Morgan fingerprint density at radius 3 is 2.56 bits per heavy atom. The molecule has 1 aromatic carbocycles. The van der Waals surface area contributed by atoms with Gasteiger partial charge in [-0.15, -0.1) is 0 Å². The van der Waals surface area contributed by atoms with Gasteiger partial charge in [-0.05, 0) is 31.4 Å². The van der Waals surface area contributed by atoms with Crippen molar-refractivity contribution in [2.24, 2.45) is 0 Å². The van der Waals surface area contributed by atoms with E-state index in [4.69, 9.17) is 0 Å². The third kappa shape index (κ3) is 4.04. The Morgan fingerprint density at radius 2 is 2.00 bits per heavy atom. The van der Waals surface area contributed by atoms with Gasteiger partial charge in [-0.25, -0.2) is 0 Å². The van der Waals surface area contributed by atoms with Crippen LogP contribution >= 0.6 is 0 Å². The SMILES string of the molecule is CC(=O)CCCc1cccc(C(F)(F)F)c1. The van der Waals surface area contributed by atoms with Crippen LogP contribution in [0.15, 0.2) is 24.3 Å². The van der Waals surface area contributed by atoms with Gasteiger partial charge < -0.3 is 4.79 Å². The van der Waals surface area contributed by atoms with Gasteiger partial charge in [0.25, 0.3) is 0 Å². The molecule has 0 aliphatic carbocycles. The molecule has 1 aromatic rings. The van der Waals surface area contributed by atoms with Crippen LogP contribution < -0.4 is 0 Å². The van der Waals surface area contributed by atoms with Crippen LogP contribution in [-0.2, 0) is 17.4 Å². The summed E-state index contributed by atoms with van der Waals surface area (Å²) >= 11 is 0. The number of aryl methyl sites for hydroxylation is 1. The molecule has 0 heterocycles. The molecule has 0 aliphatic rings. The molecule has 16 heavy (non-hydrogen) atoms. The average Bonchev–Trinajstić information content (AvgIpc) is 2.16. The fourth-order valence-corrected chi connectivity index (χ4v) is 1.44. The maximum Gasteiger partial charge on any atom is 0.416 e. The molecule has 0 radical (unpaired) electrons. The molecule has 0 aliphatic heterocycles. The maximum atomic E-state index is 12.4. The van der Waals surface area contributed by atoms with Gasteiger partial charge in [0, 0.05) is 6.42 Å². The summed E-state index contributed by atoms with van der Waals surface area (Å²) in [6.07, 6.45) is -2.78. The number of benzene rings is 1. The molecule has 0 atom stereocenters. The third-order valence-corrected chi connectivity index (χ3v) is 2.25. The Balaban J connectivity index is 2.64. The van der Waals surface area contributed by atoms with E-state index >= 15 is 0 Å². The van der Waals surface area contributed by atoms with E-state index in [1.54, 1.807) is 6.07 Å². The summed E-state index contributed by atoms with van der Waals surface area (Å²) in [5.41, 5.74) is -0.0103. The molecule has 0 spiro atoms. The van der Waals surface area contributed by atoms with Gasteiger partial charge in [0.1, 0.15) is 5.78 Å². The number of Topliss-reactive ketones (excluding diaryl/α,β-unsaturated/α-hetero) is 1. The molecule has 0 aromatic heterocycles. The van der Waals surface area contributed by atoms with E-state index in [2.05, 4.69) is 0 Å². The molecule has 0 fully saturated rings. The minimum atomic E-state index is -4.30. The van der Waals surface area contributed by atoms with E-state index < -0.39 is 11.7 Å². The number of hydrogen-bond acceptors (Lipinski definition) is 1. The van der Waals surface area contributed by atoms with Crippen LogP contribution in [0, 0.1) is 0 Å². The molecule has 1 nitrogen and oxygen atoms in total. The lowest BCUT2D eigenvalue weighted by molar-refractivity contribution is -0.137. The molecular weight excluding hydrogens is 217 g/mol. The molecule has 0 saturated heterocycles. The minimum absolute atomic E-state index is 0.0620. The third-order valence-electron chi connectivity index (χ3n) is 2.25. The van der Waals surface area contributed by atoms with Gasteiger partial charge in [0.15, 0.2) is 0 Å². The van der Waals surface area contributed by atoms with Crippen LogP contribution in [0.3, 0.4) is 0 Å². The predicted molar refractivity (Wildman–Crippen MR) is 55.1 cm³/mol. The average molecular weight is 230 g/mol. The number of carbonyl (C=O) groups is 1.